The lowest BCUT2D eigenvalue weighted by atomic mass is 9.92. The maximum Gasteiger partial charge on any atom is 0.379 e. The van der Waals surface area contributed by atoms with E-state index in [4.69, 9.17) is 28.4 Å². The predicted molar refractivity (Wildman–Crippen MR) is 125 cm³/mol. The highest BCUT2D eigenvalue weighted by atomic mass is 16.8. The summed E-state index contributed by atoms with van der Waals surface area (Å²) in [5.41, 5.74) is 1.19. The molecule has 8 nitrogen and oxygen atoms in total. The van der Waals surface area contributed by atoms with Crippen LogP contribution in [0.25, 0.3) is 0 Å². The van der Waals surface area contributed by atoms with E-state index in [9.17, 15) is 9.90 Å². The Kier molecular flexibility index (Phi) is 9.34. The Morgan fingerprint density at radius 2 is 1.82 bits per heavy atom. The van der Waals surface area contributed by atoms with Crippen molar-refractivity contribution >= 4 is 5.97 Å². The maximum atomic E-state index is 13.1. The van der Waals surface area contributed by atoms with E-state index in [1.165, 1.54) is 12.7 Å². The van der Waals surface area contributed by atoms with Crippen molar-refractivity contribution in [2.24, 2.45) is 0 Å². The highest BCUT2D eigenvalue weighted by molar-refractivity contribution is 5.78. The molecule has 1 aromatic carbocycles. The summed E-state index contributed by atoms with van der Waals surface area (Å²) in [6, 6.07) is 7.61. The van der Waals surface area contributed by atoms with Crippen LogP contribution in [0, 0.1) is 0 Å². The Bertz CT molecular complexity index is 780. The van der Waals surface area contributed by atoms with Gasteiger partial charge in [0.2, 0.25) is 0 Å². The summed E-state index contributed by atoms with van der Waals surface area (Å²) in [6.45, 7) is 8.46. The molecule has 0 spiro atoms. The molecule has 2 saturated heterocycles. The number of aliphatic hydroxyl groups excluding tert-OH is 1. The molecule has 3 rings (SSSR count). The van der Waals surface area contributed by atoms with Gasteiger partial charge in [-0.25, -0.2) is 4.79 Å². The third-order valence-corrected chi connectivity index (χ3v) is 6.26. The van der Waals surface area contributed by atoms with E-state index in [0.29, 0.717) is 12.4 Å². The molecule has 5 atom stereocenters. The van der Waals surface area contributed by atoms with Crippen LogP contribution in [0.4, 0.5) is 0 Å². The Balaban J connectivity index is 1.88. The fourth-order valence-electron chi connectivity index (χ4n) is 4.33. The fourth-order valence-corrected chi connectivity index (χ4v) is 4.33. The first-order chi connectivity index (χ1) is 16.2. The van der Waals surface area contributed by atoms with Crippen LogP contribution in [0.3, 0.4) is 0 Å². The summed E-state index contributed by atoms with van der Waals surface area (Å²) in [5, 5.41) is 11.1. The van der Waals surface area contributed by atoms with Crippen molar-refractivity contribution in [1.82, 2.24) is 0 Å². The first-order valence-corrected chi connectivity index (χ1v) is 12.4. The monoisotopic (exact) mass is 480 g/mol. The quantitative estimate of drug-likeness (QED) is 0.378. The van der Waals surface area contributed by atoms with Gasteiger partial charge in [0.15, 0.2) is 5.79 Å². The molecule has 0 aliphatic carbocycles. The molecule has 2 aliphatic rings. The second-order valence-corrected chi connectivity index (χ2v) is 9.50. The van der Waals surface area contributed by atoms with Crippen molar-refractivity contribution < 1.29 is 38.3 Å². The number of hydrogen-bond donors (Lipinski definition) is 1. The number of rotatable bonds is 11. The van der Waals surface area contributed by atoms with Crippen molar-refractivity contribution in [2.75, 3.05) is 20.3 Å². The molecule has 192 valence electrons. The minimum absolute atomic E-state index is 0.0182. The van der Waals surface area contributed by atoms with Crippen LogP contribution in [0.5, 0.6) is 5.75 Å². The summed E-state index contributed by atoms with van der Waals surface area (Å²) in [4.78, 5) is 13.1. The molecule has 1 N–H and O–H groups in total. The largest absolute Gasteiger partial charge is 0.464 e. The number of ether oxygens (including phenoxy) is 6. The summed E-state index contributed by atoms with van der Waals surface area (Å²) in [7, 11) is 1.29. The highest BCUT2D eigenvalue weighted by Crippen LogP contribution is 2.39. The maximum absolute atomic E-state index is 13.1. The van der Waals surface area contributed by atoms with Crippen LogP contribution in [-0.4, -0.2) is 67.4 Å². The Morgan fingerprint density at radius 3 is 2.41 bits per heavy atom. The molecular weight excluding hydrogens is 440 g/mol. The van der Waals surface area contributed by atoms with Crippen molar-refractivity contribution in [1.29, 1.82) is 0 Å². The molecule has 2 aliphatic heterocycles. The molecule has 2 fully saturated rings. The van der Waals surface area contributed by atoms with Gasteiger partial charge in [0.25, 0.3) is 0 Å². The topological polar surface area (TPSA) is 92.7 Å². The minimum atomic E-state index is -1.80. The lowest BCUT2D eigenvalue weighted by Gasteiger charge is -2.45. The lowest BCUT2D eigenvalue weighted by Crippen LogP contribution is -2.64. The van der Waals surface area contributed by atoms with Crippen molar-refractivity contribution in [3.63, 3.8) is 0 Å². The molecule has 1 aromatic rings. The summed E-state index contributed by atoms with van der Waals surface area (Å²) in [6.07, 6.45) is 1.70. The van der Waals surface area contributed by atoms with E-state index in [1.807, 2.05) is 24.3 Å². The Morgan fingerprint density at radius 1 is 1.12 bits per heavy atom. The van der Waals surface area contributed by atoms with E-state index >= 15 is 0 Å². The molecule has 0 aromatic heterocycles. The number of unbranched alkanes of at least 4 members (excludes halogenated alkanes) is 2. The number of carbonyl (C=O) groups excluding carboxylic acids is 1. The molecule has 2 heterocycles. The molecule has 8 heteroatoms. The van der Waals surface area contributed by atoms with Gasteiger partial charge in [-0.15, -0.1) is 0 Å². The number of hydrogen-bond acceptors (Lipinski definition) is 8. The van der Waals surface area contributed by atoms with E-state index in [1.54, 1.807) is 13.8 Å². The summed E-state index contributed by atoms with van der Waals surface area (Å²) >= 11 is 0. The predicted octanol–water partition coefficient (Wildman–Crippen LogP) is 3.76. The van der Waals surface area contributed by atoms with E-state index < -0.39 is 42.0 Å². The van der Waals surface area contributed by atoms with Gasteiger partial charge in [-0.05, 0) is 50.8 Å². The SMILES string of the molecule is CCCCO[C@@H]1C[C@](Oc2ccc(CCCC)cc2)(C(=O)OC)OC([C@H]2COC(C)(C)O2)[C@@H]1O. The van der Waals surface area contributed by atoms with E-state index in [0.717, 1.165) is 32.1 Å². The summed E-state index contributed by atoms with van der Waals surface area (Å²) in [5.74, 6) is -2.84. The van der Waals surface area contributed by atoms with E-state index in [2.05, 4.69) is 13.8 Å². The van der Waals surface area contributed by atoms with Crippen LogP contribution in [0.15, 0.2) is 24.3 Å². The number of aliphatic hydroxyl groups is 1. The van der Waals surface area contributed by atoms with Crippen LogP contribution >= 0.6 is 0 Å². The Hall–Kier alpha value is -1.71. The second kappa shape index (κ2) is 11.8. The zero-order chi connectivity index (χ0) is 24.8. The fraction of sp³-hybridized carbons (Fsp3) is 0.731. The second-order valence-electron chi connectivity index (χ2n) is 9.50. The van der Waals surface area contributed by atoms with Crippen molar-refractivity contribution in [3.8, 4) is 5.75 Å². The number of esters is 1. The van der Waals surface area contributed by atoms with Gasteiger partial charge in [-0.2, -0.15) is 0 Å². The normalized spacial score (nSPS) is 30.8. The molecule has 0 radical (unpaired) electrons. The minimum Gasteiger partial charge on any atom is -0.464 e. The molecule has 0 amide bonds. The third kappa shape index (κ3) is 6.49. The van der Waals surface area contributed by atoms with Gasteiger partial charge in [0.1, 0.15) is 24.1 Å². The van der Waals surface area contributed by atoms with Gasteiger partial charge in [0, 0.05) is 6.61 Å². The van der Waals surface area contributed by atoms with Crippen LogP contribution < -0.4 is 4.74 Å². The van der Waals surface area contributed by atoms with Crippen LogP contribution in [0.1, 0.15) is 65.4 Å². The van der Waals surface area contributed by atoms with E-state index in [-0.39, 0.29) is 13.0 Å². The molecule has 0 saturated carbocycles. The number of aryl methyl sites for hydroxylation is 1. The zero-order valence-electron chi connectivity index (χ0n) is 21.1. The van der Waals surface area contributed by atoms with Gasteiger partial charge < -0.3 is 33.5 Å². The number of benzene rings is 1. The highest BCUT2D eigenvalue weighted by Gasteiger charge is 2.58. The molecular formula is C26H40O8. The first-order valence-electron chi connectivity index (χ1n) is 12.4. The van der Waals surface area contributed by atoms with Gasteiger partial charge in [-0.3, -0.25) is 0 Å². The Labute approximate surface area is 202 Å². The first kappa shape index (κ1) is 26.9. The average molecular weight is 481 g/mol. The van der Waals surface area contributed by atoms with Gasteiger partial charge in [0.05, 0.1) is 26.2 Å². The third-order valence-electron chi connectivity index (χ3n) is 6.26. The number of carbonyl (C=O) groups is 1. The van der Waals surface area contributed by atoms with Gasteiger partial charge >= 0.3 is 11.8 Å². The molecule has 1 unspecified atom stereocenters. The summed E-state index contributed by atoms with van der Waals surface area (Å²) < 4.78 is 35.2. The molecule has 0 bridgehead atoms. The smallest absolute Gasteiger partial charge is 0.379 e. The lowest BCUT2D eigenvalue weighted by molar-refractivity contribution is -0.306. The van der Waals surface area contributed by atoms with Crippen LogP contribution in [0.2, 0.25) is 0 Å². The zero-order valence-corrected chi connectivity index (χ0v) is 21.1. The van der Waals surface area contributed by atoms with Crippen molar-refractivity contribution in [3.05, 3.63) is 29.8 Å². The van der Waals surface area contributed by atoms with Crippen molar-refractivity contribution in [2.45, 2.75) is 102 Å². The molecule has 34 heavy (non-hydrogen) atoms. The standard InChI is InChI=1S/C26H40O8/c1-6-8-10-18-11-13-19(14-12-18)32-26(24(28)29-5)16-20(30-15-9-7-2)22(27)23(34-26)21-17-31-25(3,4)33-21/h11-14,20-23,27H,6-10,15-17H2,1-5H3/t20-,21-,22-,23?,26-/m1/s1. The number of methoxy groups -OCH3 is 1. The van der Waals surface area contributed by atoms with Gasteiger partial charge in [-0.1, -0.05) is 38.8 Å². The average Bonchev–Trinajstić information content (AvgIpc) is 3.19. The van der Waals surface area contributed by atoms with Crippen LogP contribution in [-0.2, 0) is 34.9 Å².